The summed E-state index contributed by atoms with van der Waals surface area (Å²) in [6, 6.07) is 11.4. The molecule has 3 rings (SSSR count). The van der Waals surface area contributed by atoms with Crippen molar-refractivity contribution in [3.63, 3.8) is 0 Å². The number of benzene rings is 2. The van der Waals surface area contributed by atoms with E-state index in [0.717, 1.165) is 9.86 Å². The predicted octanol–water partition coefficient (Wildman–Crippen LogP) is 5.33. The first-order valence-electron chi connectivity index (χ1n) is 5.74. The number of carbonyl (C=O) groups is 1. The van der Waals surface area contributed by atoms with Gasteiger partial charge in [0.15, 0.2) is 5.76 Å². The Labute approximate surface area is 130 Å². The summed E-state index contributed by atoms with van der Waals surface area (Å²) in [4.78, 5) is 12.3. The summed E-state index contributed by atoms with van der Waals surface area (Å²) >= 11 is 6.51. The lowest BCUT2D eigenvalue weighted by atomic mass is 10.1. The highest BCUT2D eigenvalue weighted by Crippen LogP contribution is 2.28. The highest BCUT2D eigenvalue weighted by molar-refractivity contribution is 9.11. The number of hydrogen-bond donors (Lipinski definition) is 0. The van der Waals surface area contributed by atoms with Crippen LogP contribution < -0.4 is 0 Å². The highest BCUT2D eigenvalue weighted by atomic mass is 79.9. The quantitative estimate of drug-likeness (QED) is 0.547. The Morgan fingerprint density at radius 3 is 2.60 bits per heavy atom. The van der Waals surface area contributed by atoms with E-state index in [2.05, 4.69) is 31.9 Å². The van der Waals surface area contributed by atoms with Gasteiger partial charge in [0.05, 0.1) is 10.0 Å². The standard InChI is InChI=1S/C15H7Br2FO2/c16-9-4-5-10(12(18)7-9)14(19)13-6-8-2-1-3-11(17)15(8)20-13/h1-7H. The predicted molar refractivity (Wildman–Crippen MR) is 81.4 cm³/mol. The summed E-state index contributed by atoms with van der Waals surface area (Å²) < 4.78 is 20.7. The molecule has 0 N–H and O–H groups in total. The van der Waals surface area contributed by atoms with Crippen LogP contribution in [0.5, 0.6) is 0 Å². The minimum Gasteiger partial charge on any atom is -0.451 e. The second-order valence-electron chi connectivity index (χ2n) is 4.22. The molecular formula is C15H7Br2FO2. The number of fused-ring (bicyclic) bond motifs is 1. The van der Waals surface area contributed by atoms with E-state index in [0.29, 0.717) is 10.1 Å². The summed E-state index contributed by atoms with van der Waals surface area (Å²) in [5.74, 6) is -0.935. The van der Waals surface area contributed by atoms with Crippen LogP contribution in [0.1, 0.15) is 16.1 Å². The second kappa shape index (κ2) is 5.14. The summed E-state index contributed by atoms with van der Waals surface area (Å²) in [6.07, 6.45) is 0. The van der Waals surface area contributed by atoms with Crippen molar-refractivity contribution in [3.8, 4) is 0 Å². The molecule has 0 saturated heterocycles. The molecule has 5 heteroatoms. The molecule has 0 aliphatic carbocycles. The average molecular weight is 398 g/mol. The molecule has 0 spiro atoms. The van der Waals surface area contributed by atoms with Crippen LogP contribution in [0.3, 0.4) is 0 Å². The van der Waals surface area contributed by atoms with Gasteiger partial charge in [-0.15, -0.1) is 0 Å². The van der Waals surface area contributed by atoms with Gasteiger partial charge in [-0.05, 0) is 46.3 Å². The van der Waals surface area contributed by atoms with Crippen LogP contribution in [0.25, 0.3) is 11.0 Å². The molecule has 1 aromatic heterocycles. The Bertz CT molecular complexity index is 824. The fourth-order valence-corrected chi connectivity index (χ4v) is 2.74. The van der Waals surface area contributed by atoms with Crippen molar-refractivity contribution in [2.24, 2.45) is 0 Å². The summed E-state index contributed by atoms with van der Waals surface area (Å²) in [7, 11) is 0. The third-order valence-electron chi connectivity index (χ3n) is 2.90. The van der Waals surface area contributed by atoms with E-state index in [1.165, 1.54) is 12.1 Å². The maximum atomic E-state index is 13.8. The molecule has 3 aromatic rings. The first-order valence-corrected chi connectivity index (χ1v) is 7.32. The van der Waals surface area contributed by atoms with Gasteiger partial charge in [0, 0.05) is 9.86 Å². The van der Waals surface area contributed by atoms with Crippen LogP contribution in [0, 0.1) is 5.82 Å². The maximum Gasteiger partial charge on any atom is 0.231 e. The molecule has 0 radical (unpaired) electrons. The third-order valence-corrected chi connectivity index (χ3v) is 4.01. The molecule has 1 heterocycles. The van der Waals surface area contributed by atoms with E-state index < -0.39 is 11.6 Å². The van der Waals surface area contributed by atoms with Crippen molar-refractivity contribution in [3.05, 3.63) is 68.6 Å². The molecule has 2 aromatic carbocycles. The Morgan fingerprint density at radius 2 is 1.90 bits per heavy atom. The van der Waals surface area contributed by atoms with Crippen molar-refractivity contribution in [2.75, 3.05) is 0 Å². The number of halogens is 3. The Balaban J connectivity index is 2.10. The molecule has 0 fully saturated rings. The van der Waals surface area contributed by atoms with Crippen LogP contribution in [0.15, 0.2) is 55.8 Å². The van der Waals surface area contributed by atoms with E-state index in [-0.39, 0.29) is 11.3 Å². The van der Waals surface area contributed by atoms with Crippen LogP contribution in [-0.4, -0.2) is 5.78 Å². The van der Waals surface area contributed by atoms with Crippen LogP contribution in [-0.2, 0) is 0 Å². The van der Waals surface area contributed by atoms with Gasteiger partial charge in [0.25, 0.3) is 0 Å². The van der Waals surface area contributed by atoms with Gasteiger partial charge >= 0.3 is 0 Å². The molecule has 0 bridgehead atoms. The van der Waals surface area contributed by atoms with E-state index in [1.54, 1.807) is 12.1 Å². The van der Waals surface area contributed by atoms with E-state index in [1.807, 2.05) is 18.2 Å². The van der Waals surface area contributed by atoms with Gasteiger partial charge in [-0.25, -0.2) is 4.39 Å². The third kappa shape index (κ3) is 2.31. The molecule has 0 unspecified atom stereocenters. The lowest BCUT2D eigenvalue weighted by Gasteiger charge is -2.00. The van der Waals surface area contributed by atoms with Gasteiger partial charge in [-0.2, -0.15) is 0 Å². The largest absolute Gasteiger partial charge is 0.451 e. The van der Waals surface area contributed by atoms with Crippen molar-refractivity contribution < 1.29 is 13.6 Å². The SMILES string of the molecule is O=C(c1cc2cccc(Br)c2o1)c1ccc(Br)cc1F. The van der Waals surface area contributed by atoms with Crippen molar-refractivity contribution in [2.45, 2.75) is 0 Å². The summed E-state index contributed by atoms with van der Waals surface area (Å²) in [5, 5.41) is 0.792. The number of furan rings is 1. The fraction of sp³-hybridized carbons (Fsp3) is 0. The lowest BCUT2D eigenvalue weighted by Crippen LogP contribution is -2.02. The smallest absolute Gasteiger partial charge is 0.231 e. The van der Waals surface area contributed by atoms with Crippen LogP contribution >= 0.6 is 31.9 Å². The van der Waals surface area contributed by atoms with Gasteiger partial charge < -0.3 is 4.42 Å². The molecule has 0 amide bonds. The fourth-order valence-electron chi connectivity index (χ4n) is 1.95. The molecule has 0 saturated carbocycles. The van der Waals surface area contributed by atoms with E-state index in [4.69, 9.17) is 4.42 Å². The second-order valence-corrected chi connectivity index (χ2v) is 5.99. The van der Waals surface area contributed by atoms with Gasteiger partial charge in [0.2, 0.25) is 5.78 Å². The van der Waals surface area contributed by atoms with E-state index >= 15 is 0 Å². The number of carbonyl (C=O) groups excluding carboxylic acids is 1. The van der Waals surface area contributed by atoms with Gasteiger partial charge in [-0.3, -0.25) is 4.79 Å². The number of hydrogen-bond acceptors (Lipinski definition) is 2. The first kappa shape index (κ1) is 13.5. The van der Waals surface area contributed by atoms with Crippen molar-refractivity contribution in [1.82, 2.24) is 0 Å². The zero-order valence-corrected chi connectivity index (χ0v) is 13.2. The Kier molecular flexibility index (Phi) is 3.48. The summed E-state index contributed by atoms with van der Waals surface area (Å²) in [5.41, 5.74) is 0.566. The zero-order valence-electron chi connectivity index (χ0n) is 9.99. The van der Waals surface area contributed by atoms with Crippen LogP contribution in [0.2, 0.25) is 0 Å². The van der Waals surface area contributed by atoms with Gasteiger partial charge in [0.1, 0.15) is 11.4 Å². The molecule has 0 atom stereocenters. The zero-order chi connectivity index (χ0) is 14.3. The topological polar surface area (TPSA) is 30.2 Å². The monoisotopic (exact) mass is 396 g/mol. The first-order chi connectivity index (χ1) is 9.56. The minimum atomic E-state index is -0.580. The molecule has 20 heavy (non-hydrogen) atoms. The van der Waals surface area contributed by atoms with E-state index in [9.17, 15) is 9.18 Å². The van der Waals surface area contributed by atoms with Crippen molar-refractivity contribution in [1.29, 1.82) is 0 Å². The Hall–Kier alpha value is -1.46. The molecule has 0 aliphatic rings. The minimum absolute atomic E-state index is 0.0108. The number of para-hydroxylation sites is 1. The lowest BCUT2D eigenvalue weighted by molar-refractivity contribution is 0.101. The molecule has 2 nitrogen and oxygen atoms in total. The number of ketones is 1. The van der Waals surface area contributed by atoms with Crippen molar-refractivity contribution >= 4 is 48.6 Å². The molecule has 100 valence electrons. The van der Waals surface area contributed by atoms with Crippen LogP contribution in [0.4, 0.5) is 4.39 Å². The normalized spacial score (nSPS) is 10.9. The highest BCUT2D eigenvalue weighted by Gasteiger charge is 2.19. The Morgan fingerprint density at radius 1 is 1.10 bits per heavy atom. The molecular weight excluding hydrogens is 391 g/mol. The molecule has 0 aliphatic heterocycles. The average Bonchev–Trinajstić information content (AvgIpc) is 2.83. The number of rotatable bonds is 2. The maximum absolute atomic E-state index is 13.8. The van der Waals surface area contributed by atoms with Gasteiger partial charge in [-0.1, -0.05) is 28.1 Å². The summed E-state index contributed by atoms with van der Waals surface area (Å²) in [6.45, 7) is 0.